The summed E-state index contributed by atoms with van der Waals surface area (Å²) in [5.74, 6) is 0.695. The van der Waals surface area contributed by atoms with Gasteiger partial charge < -0.3 is 9.72 Å². The van der Waals surface area contributed by atoms with E-state index in [9.17, 15) is 4.79 Å². The third kappa shape index (κ3) is 1.88. The van der Waals surface area contributed by atoms with Crippen molar-refractivity contribution in [1.82, 2.24) is 9.97 Å². The van der Waals surface area contributed by atoms with E-state index in [1.54, 1.807) is 18.4 Å². The molecule has 16 heavy (non-hydrogen) atoms. The standard InChI is InChI=1S/C11H14N2O2S/c1-6-7(2)16-11-9(6)10(14)12-8(13-11)4-5-15-3/h4-5H2,1-3H3,(H,12,13,14). The van der Waals surface area contributed by atoms with E-state index in [1.165, 1.54) is 0 Å². The van der Waals surface area contributed by atoms with Crippen molar-refractivity contribution in [3.05, 3.63) is 26.6 Å². The van der Waals surface area contributed by atoms with Crippen LogP contribution in [-0.2, 0) is 11.2 Å². The minimum Gasteiger partial charge on any atom is -0.384 e. The lowest BCUT2D eigenvalue weighted by atomic mass is 10.2. The Labute approximate surface area is 97.3 Å². The molecule has 0 bridgehead atoms. The van der Waals surface area contributed by atoms with Gasteiger partial charge in [0, 0.05) is 18.4 Å². The summed E-state index contributed by atoms with van der Waals surface area (Å²) in [7, 11) is 1.63. The zero-order valence-electron chi connectivity index (χ0n) is 9.59. The number of thiophene rings is 1. The summed E-state index contributed by atoms with van der Waals surface area (Å²) in [5.41, 5.74) is 0.991. The molecule has 0 unspecified atom stereocenters. The van der Waals surface area contributed by atoms with Crippen LogP contribution in [0, 0.1) is 13.8 Å². The number of rotatable bonds is 3. The highest BCUT2D eigenvalue weighted by Gasteiger charge is 2.11. The number of aromatic amines is 1. The number of fused-ring (bicyclic) bond motifs is 1. The summed E-state index contributed by atoms with van der Waals surface area (Å²) in [4.78, 5) is 21.1. The Bertz CT molecular complexity index is 571. The van der Waals surface area contributed by atoms with Crippen LogP contribution in [0.2, 0.25) is 0 Å². The summed E-state index contributed by atoms with van der Waals surface area (Å²) in [6.45, 7) is 4.54. The Morgan fingerprint density at radius 1 is 1.44 bits per heavy atom. The van der Waals surface area contributed by atoms with E-state index in [2.05, 4.69) is 9.97 Å². The van der Waals surface area contributed by atoms with Gasteiger partial charge in [-0.1, -0.05) is 0 Å². The van der Waals surface area contributed by atoms with Gasteiger partial charge >= 0.3 is 0 Å². The third-order valence-electron chi connectivity index (χ3n) is 2.63. The van der Waals surface area contributed by atoms with Gasteiger partial charge in [-0.05, 0) is 19.4 Å². The van der Waals surface area contributed by atoms with E-state index in [1.807, 2.05) is 13.8 Å². The van der Waals surface area contributed by atoms with E-state index in [0.29, 0.717) is 18.9 Å². The minimum absolute atomic E-state index is 0.0436. The molecular weight excluding hydrogens is 224 g/mol. The normalized spacial score (nSPS) is 11.2. The molecule has 0 amide bonds. The van der Waals surface area contributed by atoms with Crippen LogP contribution >= 0.6 is 11.3 Å². The number of hydrogen-bond donors (Lipinski definition) is 1. The first-order valence-corrected chi connectivity index (χ1v) is 5.93. The highest BCUT2D eigenvalue weighted by molar-refractivity contribution is 7.18. The fourth-order valence-corrected chi connectivity index (χ4v) is 2.67. The molecule has 0 aliphatic rings. The second-order valence-corrected chi connectivity index (χ2v) is 4.92. The molecule has 0 fully saturated rings. The van der Waals surface area contributed by atoms with Crippen molar-refractivity contribution < 1.29 is 4.74 Å². The number of hydrogen-bond acceptors (Lipinski definition) is 4. The molecule has 0 saturated carbocycles. The van der Waals surface area contributed by atoms with Crippen LogP contribution in [0.25, 0.3) is 10.2 Å². The Kier molecular flexibility index (Phi) is 3.07. The Morgan fingerprint density at radius 2 is 2.19 bits per heavy atom. The lowest BCUT2D eigenvalue weighted by Gasteiger charge is -1.99. The fraction of sp³-hybridized carbons (Fsp3) is 0.455. The third-order valence-corrected chi connectivity index (χ3v) is 3.73. The van der Waals surface area contributed by atoms with Crippen molar-refractivity contribution in [2.45, 2.75) is 20.3 Å². The molecule has 2 rings (SSSR count). The Balaban J connectivity index is 2.55. The van der Waals surface area contributed by atoms with Crippen LogP contribution in [0.3, 0.4) is 0 Å². The van der Waals surface area contributed by atoms with Crippen molar-refractivity contribution >= 4 is 21.6 Å². The molecule has 0 radical (unpaired) electrons. The lowest BCUT2D eigenvalue weighted by Crippen LogP contribution is -2.12. The van der Waals surface area contributed by atoms with Crippen molar-refractivity contribution in [3.63, 3.8) is 0 Å². The first-order chi connectivity index (χ1) is 7.63. The maximum atomic E-state index is 11.9. The second kappa shape index (κ2) is 4.35. The second-order valence-electron chi connectivity index (χ2n) is 3.72. The quantitative estimate of drug-likeness (QED) is 0.887. The molecular formula is C11H14N2O2S. The summed E-state index contributed by atoms with van der Waals surface area (Å²) in [6.07, 6.45) is 0.637. The average molecular weight is 238 g/mol. The van der Waals surface area contributed by atoms with Crippen molar-refractivity contribution in [1.29, 1.82) is 0 Å². The summed E-state index contributed by atoms with van der Waals surface area (Å²) in [5, 5.41) is 0.726. The van der Waals surface area contributed by atoms with Crippen molar-refractivity contribution in [3.8, 4) is 0 Å². The maximum Gasteiger partial charge on any atom is 0.259 e. The van der Waals surface area contributed by atoms with E-state index < -0.39 is 0 Å². The number of aryl methyl sites for hydroxylation is 2. The Morgan fingerprint density at radius 3 is 2.88 bits per heavy atom. The van der Waals surface area contributed by atoms with Gasteiger partial charge in [0.15, 0.2) is 0 Å². The summed E-state index contributed by atoms with van der Waals surface area (Å²) >= 11 is 1.57. The van der Waals surface area contributed by atoms with Gasteiger partial charge in [0.05, 0.1) is 12.0 Å². The highest BCUT2D eigenvalue weighted by atomic mass is 32.1. The number of nitrogens with one attached hydrogen (secondary N) is 1. The van der Waals surface area contributed by atoms with Crippen molar-refractivity contribution in [2.75, 3.05) is 13.7 Å². The topological polar surface area (TPSA) is 55.0 Å². The fourth-order valence-electron chi connectivity index (χ4n) is 1.62. The monoisotopic (exact) mass is 238 g/mol. The predicted molar refractivity (Wildman–Crippen MR) is 65.3 cm³/mol. The number of nitrogens with zero attached hydrogens (tertiary/aromatic N) is 1. The first kappa shape index (κ1) is 11.3. The van der Waals surface area contributed by atoms with Gasteiger partial charge in [-0.15, -0.1) is 11.3 Å². The van der Waals surface area contributed by atoms with E-state index >= 15 is 0 Å². The minimum atomic E-state index is -0.0436. The molecule has 4 nitrogen and oxygen atoms in total. The molecule has 86 valence electrons. The van der Waals surface area contributed by atoms with Gasteiger partial charge in [0.2, 0.25) is 0 Å². The molecule has 0 saturated heterocycles. The number of methoxy groups -OCH3 is 1. The summed E-state index contributed by atoms with van der Waals surface area (Å²) in [6, 6.07) is 0. The van der Waals surface area contributed by atoms with Gasteiger partial charge in [-0.3, -0.25) is 4.79 Å². The molecule has 0 atom stereocenters. The van der Waals surface area contributed by atoms with Gasteiger partial charge in [0.25, 0.3) is 5.56 Å². The van der Waals surface area contributed by atoms with E-state index in [0.717, 1.165) is 20.7 Å². The SMILES string of the molecule is COCCc1nc2sc(C)c(C)c2c(=O)[nH]1. The van der Waals surface area contributed by atoms with Gasteiger partial charge in [0.1, 0.15) is 10.7 Å². The van der Waals surface area contributed by atoms with Crippen LogP contribution in [0.15, 0.2) is 4.79 Å². The van der Waals surface area contributed by atoms with Crippen LogP contribution in [0.5, 0.6) is 0 Å². The first-order valence-electron chi connectivity index (χ1n) is 5.11. The molecule has 2 aromatic rings. The number of aromatic nitrogens is 2. The number of ether oxygens (including phenoxy) is 1. The Hall–Kier alpha value is -1.20. The van der Waals surface area contributed by atoms with Gasteiger partial charge in [-0.2, -0.15) is 0 Å². The zero-order chi connectivity index (χ0) is 11.7. The molecule has 2 heterocycles. The van der Waals surface area contributed by atoms with Crippen LogP contribution in [-0.4, -0.2) is 23.7 Å². The molecule has 0 aromatic carbocycles. The highest BCUT2D eigenvalue weighted by Crippen LogP contribution is 2.25. The van der Waals surface area contributed by atoms with Crippen molar-refractivity contribution in [2.24, 2.45) is 0 Å². The van der Waals surface area contributed by atoms with E-state index in [-0.39, 0.29) is 5.56 Å². The zero-order valence-corrected chi connectivity index (χ0v) is 10.4. The average Bonchev–Trinajstić information content (AvgIpc) is 2.52. The molecule has 2 aromatic heterocycles. The lowest BCUT2D eigenvalue weighted by molar-refractivity contribution is 0.200. The largest absolute Gasteiger partial charge is 0.384 e. The predicted octanol–water partition coefficient (Wildman–Crippen LogP) is 1.79. The van der Waals surface area contributed by atoms with Crippen LogP contribution < -0.4 is 5.56 Å². The number of H-pyrrole nitrogens is 1. The van der Waals surface area contributed by atoms with Crippen LogP contribution in [0.1, 0.15) is 16.3 Å². The smallest absolute Gasteiger partial charge is 0.259 e. The molecule has 0 spiro atoms. The van der Waals surface area contributed by atoms with Gasteiger partial charge in [-0.25, -0.2) is 4.98 Å². The maximum absolute atomic E-state index is 11.9. The summed E-state index contributed by atoms with van der Waals surface area (Å²) < 4.78 is 4.97. The molecule has 0 aliphatic heterocycles. The molecule has 1 N–H and O–H groups in total. The molecule has 5 heteroatoms. The molecule has 0 aliphatic carbocycles. The van der Waals surface area contributed by atoms with E-state index in [4.69, 9.17) is 4.74 Å². The van der Waals surface area contributed by atoms with Crippen LogP contribution in [0.4, 0.5) is 0 Å².